The lowest BCUT2D eigenvalue weighted by atomic mass is 10.2. The highest BCUT2D eigenvalue weighted by Gasteiger charge is 2.39. The number of Topliss-reactive ketones (excluding diaryl/α,β-unsaturated/α-hetero) is 1. The molecular weight excluding hydrogens is 377 g/mol. The van der Waals surface area contributed by atoms with Crippen LogP contribution < -0.4 is 0 Å². The number of halogens is 2. The van der Waals surface area contributed by atoms with Crippen LogP contribution in [0.15, 0.2) is 29.2 Å². The average Bonchev–Trinajstić information content (AvgIpc) is 3.06. The molecule has 0 aliphatic carbocycles. The fourth-order valence-corrected chi connectivity index (χ4v) is 4.09. The molecule has 2 rings (SSSR count). The maximum atomic E-state index is 12.3. The van der Waals surface area contributed by atoms with Gasteiger partial charge in [0.1, 0.15) is 6.04 Å². The van der Waals surface area contributed by atoms with Crippen molar-refractivity contribution < 1.29 is 23.1 Å². The standard InChI is InChI=1S/C12H15NO4S.C3H4Cl2O/c1-9-4-6-10(7-5-9)18(16,17)13-8-2-3-11(13)12(14)15;4-1-3(6)2-5/h4-7,11H,2-3,8H2,1H3,(H,14,15);1-2H2/t11-;/m0./s1. The molecule has 0 saturated carbocycles. The fourth-order valence-electron chi connectivity index (χ4n) is 2.16. The summed E-state index contributed by atoms with van der Waals surface area (Å²) in [6.45, 7) is 2.14. The number of carbonyl (C=O) groups excluding carboxylic acids is 1. The van der Waals surface area contributed by atoms with Crippen LogP contribution in [0.4, 0.5) is 0 Å². The number of carboxylic acid groups (broad SMARTS) is 1. The van der Waals surface area contributed by atoms with Crippen LogP contribution in [0.3, 0.4) is 0 Å². The molecule has 1 aliphatic rings. The van der Waals surface area contributed by atoms with E-state index >= 15 is 0 Å². The molecule has 0 aromatic heterocycles. The van der Waals surface area contributed by atoms with E-state index in [0.717, 1.165) is 9.87 Å². The number of rotatable bonds is 5. The quantitative estimate of drug-likeness (QED) is 0.771. The van der Waals surface area contributed by atoms with E-state index in [2.05, 4.69) is 0 Å². The topological polar surface area (TPSA) is 91.8 Å². The molecule has 1 N–H and O–H groups in total. The van der Waals surface area contributed by atoms with Gasteiger partial charge in [-0.1, -0.05) is 17.7 Å². The highest BCUT2D eigenvalue weighted by molar-refractivity contribution is 7.89. The van der Waals surface area contributed by atoms with E-state index in [9.17, 15) is 18.0 Å². The number of carbonyl (C=O) groups is 2. The van der Waals surface area contributed by atoms with E-state index < -0.39 is 22.0 Å². The second-order valence-electron chi connectivity index (χ2n) is 5.23. The molecule has 1 heterocycles. The summed E-state index contributed by atoms with van der Waals surface area (Å²) in [5.74, 6) is -1.14. The van der Waals surface area contributed by atoms with E-state index in [-0.39, 0.29) is 29.0 Å². The Morgan fingerprint density at radius 3 is 2.17 bits per heavy atom. The summed E-state index contributed by atoms with van der Waals surface area (Å²) in [5.41, 5.74) is 0.963. The molecule has 1 aromatic carbocycles. The van der Waals surface area contributed by atoms with Crippen LogP contribution in [-0.2, 0) is 19.6 Å². The van der Waals surface area contributed by atoms with Gasteiger partial charge in [-0.15, -0.1) is 23.2 Å². The number of hydrogen-bond donors (Lipinski definition) is 1. The molecule has 1 aliphatic heterocycles. The smallest absolute Gasteiger partial charge is 0.322 e. The lowest BCUT2D eigenvalue weighted by Crippen LogP contribution is -2.40. The summed E-state index contributed by atoms with van der Waals surface area (Å²) in [5, 5.41) is 9.03. The predicted molar refractivity (Wildman–Crippen MR) is 92.2 cm³/mol. The van der Waals surface area contributed by atoms with Gasteiger partial charge in [-0.2, -0.15) is 4.31 Å². The zero-order valence-electron chi connectivity index (χ0n) is 13.1. The first-order valence-corrected chi connectivity index (χ1v) is 9.70. The molecule has 24 heavy (non-hydrogen) atoms. The Balaban J connectivity index is 0.000000413. The van der Waals surface area contributed by atoms with E-state index in [1.165, 1.54) is 12.1 Å². The number of alkyl halides is 2. The van der Waals surface area contributed by atoms with Gasteiger partial charge >= 0.3 is 5.97 Å². The first kappa shape index (κ1) is 20.9. The summed E-state index contributed by atoms with van der Waals surface area (Å²) in [6, 6.07) is 5.51. The minimum absolute atomic E-state index is 0.0312. The minimum Gasteiger partial charge on any atom is -0.480 e. The molecule has 1 fully saturated rings. The van der Waals surface area contributed by atoms with Crippen molar-refractivity contribution in [1.29, 1.82) is 0 Å². The van der Waals surface area contributed by atoms with Crippen LogP contribution in [0.5, 0.6) is 0 Å². The van der Waals surface area contributed by atoms with E-state index in [1.807, 2.05) is 6.92 Å². The maximum absolute atomic E-state index is 12.3. The van der Waals surface area contributed by atoms with Crippen LogP contribution in [0, 0.1) is 6.92 Å². The second kappa shape index (κ2) is 9.36. The normalized spacial score (nSPS) is 17.9. The average molecular weight is 396 g/mol. The van der Waals surface area contributed by atoms with Crippen LogP contribution in [-0.4, -0.2) is 53.9 Å². The molecule has 9 heteroatoms. The zero-order chi connectivity index (χ0) is 18.3. The molecule has 1 aromatic rings. The number of ketones is 1. The molecule has 0 unspecified atom stereocenters. The van der Waals surface area contributed by atoms with Gasteiger partial charge in [0.15, 0.2) is 5.78 Å². The zero-order valence-corrected chi connectivity index (χ0v) is 15.4. The van der Waals surface area contributed by atoms with Crippen LogP contribution in [0.1, 0.15) is 18.4 Å². The molecule has 1 atom stereocenters. The number of carboxylic acids is 1. The van der Waals surface area contributed by atoms with Crippen molar-refractivity contribution in [3.05, 3.63) is 29.8 Å². The number of nitrogens with zero attached hydrogens (tertiary/aromatic N) is 1. The van der Waals surface area contributed by atoms with E-state index in [0.29, 0.717) is 12.8 Å². The van der Waals surface area contributed by atoms with Crippen LogP contribution in [0.25, 0.3) is 0 Å². The first-order valence-electron chi connectivity index (χ1n) is 7.19. The summed E-state index contributed by atoms with van der Waals surface area (Å²) < 4.78 is 25.7. The van der Waals surface area contributed by atoms with Gasteiger partial charge in [0.2, 0.25) is 10.0 Å². The van der Waals surface area contributed by atoms with Crippen molar-refractivity contribution >= 4 is 45.0 Å². The molecule has 0 bridgehead atoms. The number of aliphatic carboxylic acids is 1. The number of sulfonamides is 1. The first-order chi connectivity index (χ1) is 11.2. The van der Waals surface area contributed by atoms with Gasteiger partial charge in [-0.05, 0) is 31.9 Å². The molecule has 0 spiro atoms. The molecule has 1 saturated heterocycles. The van der Waals surface area contributed by atoms with E-state index in [1.54, 1.807) is 12.1 Å². The van der Waals surface area contributed by atoms with Gasteiger partial charge in [-0.3, -0.25) is 9.59 Å². The van der Waals surface area contributed by atoms with Crippen molar-refractivity contribution in [3.63, 3.8) is 0 Å². The lowest BCUT2D eigenvalue weighted by molar-refractivity contribution is -0.140. The van der Waals surface area contributed by atoms with Crippen LogP contribution >= 0.6 is 23.2 Å². The number of aryl methyl sites for hydroxylation is 1. The second-order valence-corrected chi connectivity index (χ2v) is 7.66. The Morgan fingerprint density at radius 1 is 1.21 bits per heavy atom. The number of hydrogen-bond acceptors (Lipinski definition) is 4. The highest BCUT2D eigenvalue weighted by atomic mass is 35.5. The Bertz CT molecular complexity index is 670. The van der Waals surface area contributed by atoms with Gasteiger partial charge in [-0.25, -0.2) is 8.42 Å². The van der Waals surface area contributed by atoms with Gasteiger partial charge < -0.3 is 5.11 Å². The number of benzene rings is 1. The van der Waals surface area contributed by atoms with Gasteiger partial charge in [0, 0.05) is 6.54 Å². The Kier molecular flexibility index (Phi) is 8.15. The Labute approximate surface area is 151 Å². The van der Waals surface area contributed by atoms with Crippen LogP contribution in [0.2, 0.25) is 0 Å². The SMILES string of the molecule is Cc1ccc(S(=O)(=O)N2CCC[C@H]2C(=O)O)cc1.O=C(CCl)CCl. The fraction of sp³-hybridized carbons (Fsp3) is 0.467. The molecule has 0 radical (unpaired) electrons. The molecule has 134 valence electrons. The van der Waals surface area contributed by atoms with Crippen molar-refractivity contribution in [2.45, 2.75) is 30.7 Å². The monoisotopic (exact) mass is 395 g/mol. The van der Waals surface area contributed by atoms with Gasteiger partial charge in [0.05, 0.1) is 16.7 Å². The van der Waals surface area contributed by atoms with Crippen molar-refractivity contribution in [2.24, 2.45) is 0 Å². The van der Waals surface area contributed by atoms with Gasteiger partial charge in [0.25, 0.3) is 0 Å². The Hall–Kier alpha value is -1.15. The lowest BCUT2D eigenvalue weighted by Gasteiger charge is -2.20. The Morgan fingerprint density at radius 2 is 1.75 bits per heavy atom. The molecule has 0 amide bonds. The van der Waals surface area contributed by atoms with Crippen molar-refractivity contribution in [1.82, 2.24) is 4.31 Å². The van der Waals surface area contributed by atoms with Crippen molar-refractivity contribution in [3.8, 4) is 0 Å². The minimum atomic E-state index is -3.70. The third-order valence-electron chi connectivity index (χ3n) is 3.41. The third kappa shape index (κ3) is 5.44. The third-order valence-corrected chi connectivity index (χ3v) is 5.93. The molecule has 6 nitrogen and oxygen atoms in total. The summed E-state index contributed by atoms with van der Waals surface area (Å²) in [6.07, 6.45) is 0.961. The highest BCUT2D eigenvalue weighted by Crippen LogP contribution is 2.26. The summed E-state index contributed by atoms with van der Waals surface area (Å²) in [7, 11) is -3.70. The maximum Gasteiger partial charge on any atom is 0.322 e. The van der Waals surface area contributed by atoms with Crippen molar-refractivity contribution in [2.75, 3.05) is 18.3 Å². The largest absolute Gasteiger partial charge is 0.480 e. The summed E-state index contributed by atoms with van der Waals surface area (Å²) >= 11 is 10.0. The predicted octanol–water partition coefficient (Wildman–Crippen LogP) is 2.27. The molecular formula is C15H19Cl2NO5S. The van der Waals surface area contributed by atoms with E-state index in [4.69, 9.17) is 28.3 Å². The summed E-state index contributed by atoms with van der Waals surface area (Å²) in [4.78, 5) is 21.1.